The van der Waals surface area contributed by atoms with Crippen LogP contribution in [0.2, 0.25) is 0 Å². The fourth-order valence-electron chi connectivity index (χ4n) is 6.30. The molecule has 4 atom stereocenters. The summed E-state index contributed by atoms with van der Waals surface area (Å²) >= 11 is 0. The quantitative estimate of drug-likeness (QED) is 0.266. The van der Waals surface area contributed by atoms with Gasteiger partial charge in [-0.1, -0.05) is 36.4 Å². The molecule has 6 N–H and O–H groups in total. The molecule has 0 radical (unpaired) electrons. The maximum Gasteiger partial charge on any atom is 0.255 e. The number of aliphatic hydroxyl groups is 1. The Hall–Kier alpha value is -4.68. The summed E-state index contributed by atoms with van der Waals surface area (Å²) < 4.78 is 12.0. The lowest BCUT2D eigenvalue weighted by Gasteiger charge is -2.33. The number of nitrogens with two attached hydrogens (primary N) is 1. The van der Waals surface area contributed by atoms with Crippen LogP contribution in [-0.4, -0.2) is 89.7 Å². The summed E-state index contributed by atoms with van der Waals surface area (Å²) in [4.78, 5) is 54.8. The Balaban J connectivity index is 1.43. The number of carbonyl (C=O) groups is 4. The highest BCUT2D eigenvalue weighted by Crippen LogP contribution is 2.27. The van der Waals surface area contributed by atoms with E-state index in [1.165, 1.54) is 0 Å². The van der Waals surface area contributed by atoms with E-state index < -0.39 is 53.9 Å². The van der Waals surface area contributed by atoms with Crippen molar-refractivity contribution in [1.29, 1.82) is 0 Å². The minimum atomic E-state index is -1.33. The lowest BCUT2D eigenvalue weighted by atomic mass is 9.99. The second-order valence-electron chi connectivity index (χ2n) is 13.9. The van der Waals surface area contributed by atoms with Gasteiger partial charge in [-0.25, -0.2) is 0 Å². The van der Waals surface area contributed by atoms with Crippen LogP contribution in [0.3, 0.4) is 0 Å². The molecule has 2 bridgehead atoms. The van der Waals surface area contributed by atoms with Crippen LogP contribution in [0, 0.1) is 0 Å². The molecule has 0 spiro atoms. The molecule has 3 aromatic carbocycles. The van der Waals surface area contributed by atoms with Gasteiger partial charge in [0, 0.05) is 18.5 Å². The third-order valence-electron chi connectivity index (χ3n) is 8.69. The highest BCUT2D eigenvalue weighted by Gasteiger charge is 2.36. The molecule has 3 aromatic rings. The molecule has 3 aliphatic heterocycles. The highest BCUT2D eigenvalue weighted by atomic mass is 16.5. The Labute approximate surface area is 286 Å². The van der Waals surface area contributed by atoms with E-state index in [9.17, 15) is 24.3 Å². The van der Waals surface area contributed by atoms with Gasteiger partial charge in [-0.2, -0.15) is 0 Å². The van der Waals surface area contributed by atoms with Gasteiger partial charge in [-0.3, -0.25) is 24.1 Å². The number of hydrogen-bond donors (Lipinski definition) is 5. The monoisotopic (exact) mass is 673 g/mol. The molecule has 0 unspecified atom stereocenters. The maximum absolute atomic E-state index is 13.9. The number of benzene rings is 3. The second-order valence-corrected chi connectivity index (χ2v) is 13.9. The van der Waals surface area contributed by atoms with Gasteiger partial charge < -0.3 is 36.3 Å². The summed E-state index contributed by atoms with van der Waals surface area (Å²) in [6.45, 7) is 7.15. The van der Waals surface area contributed by atoms with Crippen LogP contribution >= 0.6 is 0 Å². The topological polar surface area (TPSA) is 172 Å². The molecule has 12 nitrogen and oxygen atoms in total. The smallest absolute Gasteiger partial charge is 0.255 e. The molecule has 1 saturated heterocycles. The van der Waals surface area contributed by atoms with Gasteiger partial charge in [0.05, 0.1) is 43.4 Å². The van der Waals surface area contributed by atoms with Crippen molar-refractivity contribution < 1.29 is 33.8 Å². The Bertz CT molecular complexity index is 1660. The first kappa shape index (κ1) is 35.6. The summed E-state index contributed by atoms with van der Waals surface area (Å²) in [5.74, 6) is -1.20. The number of fused-ring (bicyclic) bond motifs is 13. The van der Waals surface area contributed by atoms with E-state index in [-0.39, 0.29) is 31.0 Å². The largest absolute Gasteiger partial charge is 0.493 e. The summed E-state index contributed by atoms with van der Waals surface area (Å²) in [6, 6.07) is 15.8. The minimum Gasteiger partial charge on any atom is -0.493 e. The summed E-state index contributed by atoms with van der Waals surface area (Å²) in [7, 11) is 0. The number of carbonyl (C=O) groups excluding carboxylic acids is 4. The molecular formula is C37H47N5O7. The zero-order valence-electron chi connectivity index (χ0n) is 28.4. The number of likely N-dealkylation sites (tertiary alicyclic amines) is 1. The Kier molecular flexibility index (Phi) is 11.4. The third-order valence-corrected chi connectivity index (χ3v) is 8.69. The molecule has 3 aliphatic rings. The van der Waals surface area contributed by atoms with Gasteiger partial charge in [-0.15, -0.1) is 0 Å². The van der Waals surface area contributed by atoms with E-state index in [1.54, 1.807) is 12.1 Å². The number of β-amino-alcohol motifs (C(OH)–C–C–N with tert-alkyl or cyclic N) is 1. The summed E-state index contributed by atoms with van der Waals surface area (Å²) in [5.41, 5.74) is 6.16. The molecule has 6 rings (SSSR count). The van der Waals surface area contributed by atoms with Crippen LogP contribution in [0.25, 0.3) is 10.8 Å². The number of primary amides is 1. The highest BCUT2D eigenvalue weighted by molar-refractivity contribution is 6.04. The molecular weight excluding hydrogens is 626 g/mol. The summed E-state index contributed by atoms with van der Waals surface area (Å²) in [5, 5.41) is 21.9. The van der Waals surface area contributed by atoms with Crippen molar-refractivity contribution >= 4 is 34.4 Å². The van der Waals surface area contributed by atoms with E-state index in [0.717, 1.165) is 22.8 Å². The third kappa shape index (κ3) is 9.70. The van der Waals surface area contributed by atoms with Gasteiger partial charge in [0.15, 0.2) is 0 Å². The first-order chi connectivity index (χ1) is 23.4. The second kappa shape index (κ2) is 15.7. The zero-order valence-corrected chi connectivity index (χ0v) is 28.4. The van der Waals surface area contributed by atoms with E-state index in [4.69, 9.17) is 15.2 Å². The number of ether oxygens (including phenoxy) is 2. The van der Waals surface area contributed by atoms with Crippen LogP contribution in [0.1, 0.15) is 62.4 Å². The van der Waals surface area contributed by atoms with Crippen molar-refractivity contribution in [3.05, 3.63) is 71.8 Å². The van der Waals surface area contributed by atoms with Gasteiger partial charge in [0.1, 0.15) is 17.5 Å². The van der Waals surface area contributed by atoms with E-state index >= 15 is 0 Å². The molecule has 3 heterocycles. The van der Waals surface area contributed by atoms with Crippen LogP contribution in [0.5, 0.6) is 11.5 Å². The molecule has 262 valence electrons. The van der Waals surface area contributed by atoms with Crippen molar-refractivity contribution in [1.82, 2.24) is 20.9 Å². The molecule has 0 aromatic heterocycles. The zero-order chi connectivity index (χ0) is 35.1. The van der Waals surface area contributed by atoms with Crippen LogP contribution in [0.4, 0.5) is 0 Å². The van der Waals surface area contributed by atoms with Crippen molar-refractivity contribution in [2.45, 2.75) is 82.6 Å². The molecule has 0 saturated carbocycles. The molecule has 49 heavy (non-hydrogen) atoms. The normalized spacial score (nSPS) is 21.7. The Morgan fingerprint density at radius 2 is 1.69 bits per heavy atom. The summed E-state index contributed by atoms with van der Waals surface area (Å²) in [6.07, 6.45) is 0.666. The van der Waals surface area contributed by atoms with Crippen molar-refractivity contribution in [3.63, 3.8) is 0 Å². The number of hydrogen-bond acceptors (Lipinski definition) is 8. The predicted molar refractivity (Wildman–Crippen MR) is 185 cm³/mol. The average molecular weight is 674 g/mol. The van der Waals surface area contributed by atoms with E-state index in [2.05, 4.69) is 16.0 Å². The molecule has 4 amide bonds. The first-order valence-corrected chi connectivity index (χ1v) is 16.9. The fourth-order valence-corrected chi connectivity index (χ4v) is 6.30. The SMILES string of the molecule is CC(C)(C)NC(=O)[C@@H]1CCCN1C[C@H](O)[C@@H]1Cc2ccc(cc2)OCCCOc2cc3ccccc3cc2C(=O)N[C@@H](CC(N)=O)C(=O)N1. The van der Waals surface area contributed by atoms with Crippen molar-refractivity contribution in [2.24, 2.45) is 5.73 Å². The standard InChI is InChI=1S/C37H47N5O7/c1-37(2,3)41-36(47)30-10-6-15-42(30)22-31(43)28-18-23-11-13-26(14-12-23)48-16-7-17-49-32-20-25-9-5-4-8-24(25)19-27(32)34(45)40-29(21-33(38)44)35(46)39-28/h4-5,8-9,11-14,19-20,28-31,43H,6-7,10,15-18,21-22H2,1-3H3,(H2,38,44)(H,39,46)(H,40,45)(H,41,47)/t28-,29-,30-,31-/m0/s1. The lowest BCUT2D eigenvalue weighted by molar-refractivity contribution is -0.129. The van der Waals surface area contributed by atoms with E-state index in [0.29, 0.717) is 37.5 Å². The minimum absolute atomic E-state index is 0.109. The van der Waals surface area contributed by atoms with E-state index in [1.807, 2.05) is 74.2 Å². The number of nitrogens with one attached hydrogen (secondary N) is 3. The van der Waals surface area contributed by atoms with Crippen LogP contribution < -0.4 is 31.2 Å². The maximum atomic E-state index is 13.9. The Morgan fingerprint density at radius 1 is 1.00 bits per heavy atom. The van der Waals surface area contributed by atoms with Gasteiger partial charge in [-0.05, 0) is 87.2 Å². The lowest BCUT2D eigenvalue weighted by Crippen LogP contribution is -2.57. The number of aliphatic hydroxyl groups excluding tert-OH is 1. The van der Waals surface area contributed by atoms with Crippen molar-refractivity contribution in [3.8, 4) is 11.5 Å². The predicted octanol–water partition coefficient (Wildman–Crippen LogP) is 2.44. The van der Waals surface area contributed by atoms with Crippen LogP contribution in [-0.2, 0) is 20.8 Å². The average Bonchev–Trinajstić information content (AvgIpc) is 3.51. The number of amides is 4. The Morgan fingerprint density at radius 3 is 2.39 bits per heavy atom. The molecule has 0 aliphatic carbocycles. The van der Waals surface area contributed by atoms with Gasteiger partial charge in [0.25, 0.3) is 5.91 Å². The van der Waals surface area contributed by atoms with Gasteiger partial charge >= 0.3 is 0 Å². The van der Waals surface area contributed by atoms with Crippen molar-refractivity contribution in [2.75, 3.05) is 26.3 Å². The molecule has 12 heteroatoms. The molecule has 1 fully saturated rings. The fraction of sp³-hybridized carbons (Fsp3) is 0.459. The number of rotatable bonds is 6. The first-order valence-electron chi connectivity index (χ1n) is 16.9. The van der Waals surface area contributed by atoms with Crippen LogP contribution in [0.15, 0.2) is 60.7 Å². The number of nitrogens with zero attached hydrogens (tertiary/aromatic N) is 1. The van der Waals surface area contributed by atoms with Gasteiger partial charge in [0.2, 0.25) is 17.7 Å².